The number of carbonyl (C=O) groups is 1. The van der Waals surface area contributed by atoms with Gasteiger partial charge in [0.1, 0.15) is 5.69 Å². The van der Waals surface area contributed by atoms with E-state index in [1.54, 1.807) is 26.1 Å². The zero-order valence-corrected chi connectivity index (χ0v) is 20.2. The number of aromatic amines is 1. The summed E-state index contributed by atoms with van der Waals surface area (Å²) in [7, 11) is 1.61. The molecule has 1 amide bonds. The van der Waals surface area contributed by atoms with Gasteiger partial charge in [-0.2, -0.15) is 0 Å². The second kappa shape index (κ2) is 9.80. The number of nitrogens with zero attached hydrogens (tertiary/aromatic N) is 4. The Balaban J connectivity index is 1.47. The summed E-state index contributed by atoms with van der Waals surface area (Å²) in [4.78, 5) is 48.9. The summed E-state index contributed by atoms with van der Waals surface area (Å²) in [6.07, 6.45) is 0. The minimum atomic E-state index is -0.372. The van der Waals surface area contributed by atoms with Gasteiger partial charge in [-0.05, 0) is 42.7 Å². The monoisotopic (exact) mass is 464 g/mol. The molecule has 1 aliphatic rings. The van der Waals surface area contributed by atoms with Gasteiger partial charge in [0.05, 0.1) is 22.3 Å². The third kappa shape index (κ3) is 4.61. The number of amides is 1. The number of pyridine rings is 1. The van der Waals surface area contributed by atoms with Gasteiger partial charge < -0.3 is 15.2 Å². The summed E-state index contributed by atoms with van der Waals surface area (Å²) in [5.41, 5.74) is 3.47. The van der Waals surface area contributed by atoms with Crippen molar-refractivity contribution >= 4 is 22.5 Å². The fourth-order valence-electron chi connectivity index (χ4n) is 4.51. The SMILES string of the molecule is CCn1c(=O)[nH]c2cc(CN3CCN(c4ccc(C(=O)NC)nc4C(C)C)CC3)ccc2c1=O. The van der Waals surface area contributed by atoms with Crippen LogP contribution in [0.1, 0.15) is 48.4 Å². The van der Waals surface area contributed by atoms with Crippen molar-refractivity contribution < 1.29 is 4.79 Å². The first-order valence-corrected chi connectivity index (χ1v) is 11.8. The number of hydrogen-bond donors (Lipinski definition) is 2. The van der Waals surface area contributed by atoms with Gasteiger partial charge in [0.25, 0.3) is 11.5 Å². The van der Waals surface area contributed by atoms with E-state index in [2.05, 4.69) is 38.9 Å². The number of carbonyl (C=O) groups excluding carboxylic acids is 1. The van der Waals surface area contributed by atoms with Crippen molar-refractivity contribution in [1.82, 2.24) is 24.8 Å². The Kier molecular flexibility index (Phi) is 6.83. The summed E-state index contributed by atoms with van der Waals surface area (Å²) < 4.78 is 1.21. The van der Waals surface area contributed by atoms with E-state index in [9.17, 15) is 14.4 Å². The molecule has 9 heteroatoms. The molecule has 0 spiro atoms. The number of benzene rings is 1. The molecule has 3 heterocycles. The highest BCUT2D eigenvalue weighted by Gasteiger charge is 2.22. The summed E-state index contributed by atoms with van der Waals surface area (Å²) in [6, 6.07) is 9.47. The number of piperazine rings is 1. The standard InChI is InChI=1S/C25H32N6O3/c1-5-31-24(33)18-7-6-17(14-20(18)28-25(31)34)15-29-10-12-30(13-11-29)21-9-8-19(23(32)26-4)27-22(21)16(2)3/h6-9,14,16H,5,10-13,15H2,1-4H3,(H,26,32)(H,28,34). The van der Waals surface area contributed by atoms with Crippen LogP contribution in [-0.4, -0.2) is 58.6 Å². The second-order valence-electron chi connectivity index (χ2n) is 8.96. The highest BCUT2D eigenvalue weighted by molar-refractivity contribution is 5.92. The van der Waals surface area contributed by atoms with Crippen LogP contribution in [0, 0.1) is 0 Å². The summed E-state index contributed by atoms with van der Waals surface area (Å²) in [6.45, 7) is 10.5. The molecule has 34 heavy (non-hydrogen) atoms. The number of fused-ring (bicyclic) bond motifs is 1. The third-order valence-electron chi connectivity index (χ3n) is 6.39. The molecule has 1 aliphatic heterocycles. The fourth-order valence-corrected chi connectivity index (χ4v) is 4.51. The van der Waals surface area contributed by atoms with Gasteiger partial charge in [0, 0.05) is 46.3 Å². The lowest BCUT2D eigenvalue weighted by Crippen LogP contribution is -2.46. The highest BCUT2D eigenvalue weighted by Crippen LogP contribution is 2.27. The van der Waals surface area contributed by atoms with Crippen LogP contribution in [0.4, 0.5) is 5.69 Å². The molecule has 1 aromatic carbocycles. The van der Waals surface area contributed by atoms with E-state index in [4.69, 9.17) is 0 Å². The predicted octanol–water partition coefficient (Wildman–Crippen LogP) is 1.91. The van der Waals surface area contributed by atoms with Gasteiger partial charge in [0.2, 0.25) is 0 Å². The first-order valence-electron chi connectivity index (χ1n) is 11.8. The molecule has 0 unspecified atom stereocenters. The maximum Gasteiger partial charge on any atom is 0.328 e. The molecule has 1 saturated heterocycles. The van der Waals surface area contributed by atoms with E-state index in [1.165, 1.54) is 4.57 Å². The first kappa shape index (κ1) is 23.7. The van der Waals surface area contributed by atoms with Crippen LogP contribution < -0.4 is 21.5 Å². The predicted molar refractivity (Wildman–Crippen MR) is 134 cm³/mol. The zero-order chi connectivity index (χ0) is 24.4. The zero-order valence-electron chi connectivity index (χ0n) is 20.2. The maximum absolute atomic E-state index is 12.5. The molecule has 9 nitrogen and oxygen atoms in total. The average Bonchev–Trinajstić information content (AvgIpc) is 2.83. The quantitative estimate of drug-likeness (QED) is 0.578. The molecule has 2 aromatic heterocycles. The van der Waals surface area contributed by atoms with E-state index in [0.717, 1.165) is 49.7 Å². The van der Waals surface area contributed by atoms with Crippen LogP contribution in [0.3, 0.4) is 0 Å². The Hall–Kier alpha value is -3.46. The molecule has 3 aromatic rings. The molecule has 0 bridgehead atoms. The smallest absolute Gasteiger partial charge is 0.328 e. The van der Waals surface area contributed by atoms with Gasteiger partial charge in [0.15, 0.2) is 0 Å². The summed E-state index contributed by atoms with van der Waals surface area (Å²) in [5, 5.41) is 3.17. The van der Waals surface area contributed by atoms with Crippen molar-refractivity contribution in [2.75, 3.05) is 38.1 Å². The van der Waals surface area contributed by atoms with Crippen LogP contribution in [0.15, 0.2) is 39.9 Å². The van der Waals surface area contributed by atoms with E-state index >= 15 is 0 Å². The lowest BCUT2D eigenvalue weighted by Gasteiger charge is -2.37. The number of hydrogen-bond acceptors (Lipinski definition) is 6. The molecule has 0 saturated carbocycles. The molecular formula is C25H32N6O3. The average molecular weight is 465 g/mol. The van der Waals surface area contributed by atoms with Gasteiger partial charge in [-0.3, -0.25) is 19.1 Å². The van der Waals surface area contributed by atoms with Gasteiger partial charge >= 0.3 is 5.69 Å². The lowest BCUT2D eigenvalue weighted by molar-refractivity contribution is 0.0958. The molecular weight excluding hydrogens is 432 g/mol. The van der Waals surface area contributed by atoms with E-state index in [0.29, 0.717) is 23.1 Å². The maximum atomic E-state index is 12.5. The van der Waals surface area contributed by atoms with Crippen LogP contribution in [0.25, 0.3) is 10.9 Å². The van der Waals surface area contributed by atoms with Crippen LogP contribution >= 0.6 is 0 Å². The van der Waals surface area contributed by atoms with E-state index in [-0.39, 0.29) is 23.1 Å². The summed E-state index contributed by atoms with van der Waals surface area (Å²) in [5.74, 6) is 0.0262. The van der Waals surface area contributed by atoms with E-state index in [1.807, 2.05) is 18.2 Å². The van der Waals surface area contributed by atoms with Crippen LogP contribution in [0.2, 0.25) is 0 Å². The first-order chi connectivity index (χ1) is 16.3. The lowest BCUT2D eigenvalue weighted by atomic mass is 10.1. The van der Waals surface area contributed by atoms with Crippen molar-refractivity contribution in [2.24, 2.45) is 0 Å². The molecule has 0 atom stereocenters. The minimum absolute atomic E-state index is 0.177. The number of nitrogens with one attached hydrogen (secondary N) is 2. The van der Waals surface area contributed by atoms with Crippen LogP contribution in [0.5, 0.6) is 0 Å². The number of H-pyrrole nitrogens is 1. The van der Waals surface area contributed by atoms with Gasteiger partial charge in [-0.25, -0.2) is 9.78 Å². The van der Waals surface area contributed by atoms with Gasteiger partial charge in [-0.1, -0.05) is 19.9 Å². The number of anilines is 1. The number of rotatable bonds is 6. The van der Waals surface area contributed by atoms with Crippen molar-refractivity contribution in [3.8, 4) is 0 Å². The minimum Gasteiger partial charge on any atom is -0.367 e. The topological polar surface area (TPSA) is 103 Å². The Morgan fingerprint density at radius 3 is 2.50 bits per heavy atom. The van der Waals surface area contributed by atoms with Crippen molar-refractivity contribution in [2.45, 2.75) is 39.8 Å². The fraction of sp³-hybridized carbons (Fsp3) is 0.440. The number of aromatic nitrogens is 3. The Morgan fingerprint density at radius 2 is 1.85 bits per heavy atom. The summed E-state index contributed by atoms with van der Waals surface area (Å²) >= 11 is 0. The third-order valence-corrected chi connectivity index (χ3v) is 6.39. The van der Waals surface area contributed by atoms with Crippen LogP contribution in [-0.2, 0) is 13.1 Å². The Labute approximate surface area is 198 Å². The van der Waals surface area contributed by atoms with Crippen molar-refractivity contribution in [1.29, 1.82) is 0 Å². The molecule has 180 valence electrons. The van der Waals surface area contributed by atoms with Gasteiger partial charge in [-0.15, -0.1) is 0 Å². The second-order valence-corrected chi connectivity index (χ2v) is 8.96. The van der Waals surface area contributed by atoms with E-state index < -0.39 is 0 Å². The normalized spacial score (nSPS) is 14.7. The molecule has 0 radical (unpaired) electrons. The van der Waals surface area contributed by atoms with Crippen molar-refractivity contribution in [3.05, 3.63) is 68.1 Å². The molecule has 4 rings (SSSR count). The molecule has 2 N–H and O–H groups in total. The van der Waals surface area contributed by atoms with Crippen molar-refractivity contribution in [3.63, 3.8) is 0 Å². The largest absolute Gasteiger partial charge is 0.367 e. The highest BCUT2D eigenvalue weighted by atomic mass is 16.2. The Morgan fingerprint density at radius 1 is 1.12 bits per heavy atom. The molecule has 1 fully saturated rings. The molecule has 0 aliphatic carbocycles. The Bertz CT molecular complexity index is 1320.